The van der Waals surface area contributed by atoms with Gasteiger partial charge in [0.2, 0.25) is 5.91 Å². The van der Waals surface area contributed by atoms with E-state index >= 15 is 0 Å². The summed E-state index contributed by atoms with van der Waals surface area (Å²) < 4.78 is 5.60. The second-order valence-corrected chi connectivity index (χ2v) is 6.15. The van der Waals surface area contributed by atoms with E-state index in [-0.39, 0.29) is 24.5 Å². The fraction of sp³-hybridized carbons (Fsp3) is 0.429. The number of halogens is 2. The molecule has 7 heteroatoms. The van der Waals surface area contributed by atoms with Gasteiger partial charge in [0.1, 0.15) is 6.04 Å². The van der Waals surface area contributed by atoms with Crippen molar-refractivity contribution in [1.82, 2.24) is 4.90 Å². The second kappa shape index (κ2) is 7.24. The van der Waals surface area contributed by atoms with E-state index in [9.17, 15) is 9.59 Å². The summed E-state index contributed by atoms with van der Waals surface area (Å²) in [5.74, 6) is -0.489. The van der Waals surface area contributed by atoms with Crippen LogP contribution in [0.2, 0.25) is 5.02 Å². The SMILES string of the molecule is COC(=O)C1CCCN1CC(=O)Nc1ccc(Br)cc1Cl. The molecule has 1 amide bonds. The Morgan fingerprint density at radius 3 is 2.95 bits per heavy atom. The molecule has 1 fully saturated rings. The van der Waals surface area contributed by atoms with Crippen LogP contribution < -0.4 is 5.32 Å². The Morgan fingerprint density at radius 1 is 1.52 bits per heavy atom. The van der Waals surface area contributed by atoms with Crippen LogP contribution in [0.3, 0.4) is 0 Å². The Labute approximate surface area is 136 Å². The maximum absolute atomic E-state index is 12.1. The van der Waals surface area contributed by atoms with Crippen molar-refractivity contribution in [2.24, 2.45) is 0 Å². The van der Waals surface area contributed by atoms with Crippen LogP contribution in [-0.4, -0.2) is 43.0 Å². The Kier molecular flexibility index (Phi) is 5.61. The molecule has 1 aromatic rings. The van der Waals surface area contributed by atoms with Gasteiger partial charge in [-0.25, -0.2) is 0 Å². The monoisotopic (exact) mass is 374 g/mol. The molecule has 1 aliphatic heterocycles. The standard InChI is InChI=1S/C14H16BrClN2O3/c1-21-14(20)12-3-2-6-18(12)8-13(19)17-11-5-4-9(15)7-10(11)16/h4-5,7,12H,2-3,6,8H2,1H3,(H,17,19). The number of nitrogens with zero attached hydrogens (tertiary/aromatic N) is 1. The number of hydrogen-bond donors (Lipinski definition) is 1. The topological polar surface area (TPSA) is 58.6 Å². The highest BCUT2D eigenvalue weighted by molar-refractivity contribution is 9.10. The number of hydrogen-bond acceptors (Lipinski definition) is 4. The summed E-state index contributed by atoms with van der Waals surface area (Å²) in [7, 11) is 1.36. The second-order valence-electron chi connectivity index (χ2n) is 4.82. The number of methoxy groups -OCH3 is 1. The van der Waals surface area contributed by atoms with Gasteiger partial charge in [0, 0.05) is 4.47 Å². The molecule has 1 heterocycles. The van der Waals surface area contributed by atoms with Gasteiger partial charge in [-0.05, 0) is 37.6 Å². The third kappa shape index (κ3) is 4.18. The Hall–Kier alpha value is -1.11. The van der Waals surface area contributed by atoms with Crippen LogP contribution in [-0.2, 0) is 14.3 Å². The van der Waals surface area contributed by atoms with E-state index < -0.39 is 0 Å². The molecule has 1 aliphatic rings. The highest BCUT2D eigenvalue weighted by atomic mass is 79.9. The molecule has 114 valence electrons. The largest absolute Gasteiger partial charge is 0.468 e. The maximum Gasteiger partial charge on any atom is 0.323 e. The van der Waals surface area contributed by atoms with Crippen molar-refractivity contribution in [3.05, 3.63) is 27.7 Å². The Morgan fingerprint density at radius 2 is 2.29 bits per heavy atom. The molecule has 0 aliphatic carbocycles. The van der Waals surface area contributed by atoms with Gasteiger partial charge < -0.3 is 10.1 Å². The number of carbonyl (C=O) groups excluding carboxylic acids is 2. The van der Waals surface area contributed by atoms with Crippen LogP contribution in [0, 0.1) is 0 Å². The average molecular weight is 376 g/mol. The van der Waals surface area contributed by atoms with Crippen LogP contribution in [0.5, 0.6) is 0 Å². The number of carbonyl (C=O) groups is 2. The number of amides is 1. The summed E-state index contributed by atoms with van der Waals surface area (Å²) in [6.45, 7) is 0.855. The van der Waals surface area contributed by atoms with Crippen molar-refractivity contribution in [2.75, 3.05) is 25.5 Å². The molecule has 0 spiro atoms. The molecular formula is C14H16BrClN2O3. The lowest BCUT2D eigenvalue weighted by Crippen LogP contribution is -2.41. The van der Waals surface area contributed by atoms with Gasteiger partial charge in [0.15, 0.2) is 0 Å². The third-order valence-corrected chi connectivity index (χ3v) is 4.19. The number of likely N-dealkylation sites (tertiary alicyclic amines) is 1. The molecule has 0 radical (unpaired) electrons. The number of benzene rings is 1. The number of esters is 1. The molecule has 1 saturated heterocycles. The quantitative estimate of drug-likeness (QED) is 0.822. The van der Waals surface area contributed by atoms with Gasteiger partial charge in [-0.2, -0.15) is 0 Å². The summed E-state index contributed by atoms with van der Waals surface area (Å²) in [5.41, 5.74) is 0.554. The van der Waals surface area contributed by atoms with Crippen LogP contribution in [0.1, 0.15) is 12.8 Å². The average Bonchev–Trinajstić information content (AvgIpc) is 2.89. The number of nitrogens with one attached hydrogen (secondary N) is 1. The predicted molar refractivity (Wildman–Crippen MR) is 84.4 cm³/mol. The fourth-order valence-corrected chi connectivity index (χ4v) is 3.10. The predicted octanol–water partition coefficient (Wildman–Crippen LogP) is 2.68. The first-order valence-electron chi connectivity index (χ1n) is 6.58. The van der Waals surface area contributed by atoms with E-state index in [1.54, 1.807) is 18.2 Å². The molecule has 21 heavy (non-hydrogen) atoms. The summed E-state index contributed by atoms with van der Waals surface area (Å²) >= 11 is 9.37. The van der Waals surface area contributed by atoms with Crippen LogP contribution in [0.15, 0.2) is 22.7 Å². The maximum atomic E-state index is 12.1. The molecule has 1 N–H and O–H groups in total. The molecule has 1 unspecified atom stereocenters. The first kappa shape index (κ1) is 16.3. The highest BCUT2D eigenvalue weighted by Crippen LogP contribution is 2.26. The minimum Gasteiger partial charge on any atom is -0.468 e. The van der Waals surface area contributed by atoms with Gasteiger partial charge in [-0.15, -0.1) is 0 Å². The smallest absolute Gasteiger partial charge is 0.323 e. The number of ether oxygens (including phenoxy) is 1. The van der Waals surface area contributed by atoms with E-state index in [1.165, 1.54) is 7.11 Å². The van der Waals surface area contributed by atoms with Gasteiger partial charge in [0.25, 0.3) is 0 Å². The molecular weight excluding hydrogens is 360 g/mol. The zero-order chi connectivity index (χ0) is 15.4. The van der Waals surface area contributed by atoms with Crippen molar-refractivity contribution in [1.29, 1.82) is 0 Å². The number of rotatable bonds is 4. The van der Waals surface area contributed by atoms with Crippen LogP contribution in [0.25, 0.3) is 0 Å². The van der Waals surface area contributed by atoms with Crippen molar-refractivity contribution >= 4 is 45.1 Å². The van der Waals surface area contributed by atoms with E-state index in [0.29, 0.717) is 17.3 Å². The summed E-state index contributed by atoms with van der Waals surface area (Å²) in [6, 6.07) is 4.91. The van der Waals surface area contributed by atoms with Crippen molar-refractivity contribution < 1.29 is 14.3 Å². The fourth-order valence-electron chi connectivity index (χ4n) is 2.38. The van der Waals surface area contributed by atoms with E-state index in [1.807, 2.05) is 4.90 Å². The number of anilines is 1. The molecule has 5 nitrogen and oxygen atoms in total. The molecule has 1 atom stereocenters. The third-order valence-electron chi connectivity index (χ3n) is 3.39. The van der Waals surface area contributed by atoms with Crippen molar-refractivity contribution in [3.63, 3.8) is 0 Å². The zero-order valence-electron chi connectivity index (χ0n) is 11.6. The van der Waals surface area contributed by atoms with Gasteiger partial charge in [0.05, 0.1) is 24.4 Å². The first-order chi connectivity index (χ1) is 10.0. The lowest BCUT2D eigenvalue weighted by atomic mass is 10.2. The van der Waals surface area contributed by atoms with Crippen LogP contribution >= 0.6 is 27.5 Å². The van der Waals surface area contributed by atoms with Crippen LogP contribution in [0.4, 0.5) is 5.69 Å². The van der Waals surface area contributed by atoms with Gasteiger partial charge in [-0.1, -0.05) is 27.5 Å². The van der Waals surface area contributed by atoms with E-state index in [4.69, 9.17) is 16.3 Å². The molecule has 0 bridgehead atoms. The first-order valence-corrected chi connectivity index (χ1v) is 7.75. The molecule has 0 saturated carbocycles. The van der Waals surface area contributed by atoms with Crippen molar-refractivity contribution in [2.45, 2.75) is 18.9 Å². The molecule has 0 aromatic heterocycles. The summed E-state index contributed by atoms with van der Waals surface area (Å²) in [6.07, 6.45) is 1.60. The molecule has 2 rings (SSSR count). The Bertz CT molecular complexity index is 553. The van der Waals surface area contributed by atoms with E-state index in [0.717, 1.165) is 17.3 Å². The Balaban J connectivity index is 1.96. The lowest BCUT2D eigenvalue weighted by molar-refractivity contribution is -0.146. The minimum atomic E-state index is -0.332. The van der Waals surface area contributed by atoms with Gasteiger partial charge >= 0.3 is 5.97 Å². The van der Waals surface area contributed by atoms with E-state index in [2.05, 4.69) is 21.2 Å². The lowest BCUT2D eigenvalue weighted by Gasteiger charge is -2.21. The van der Waals surface area contributed by atoms with Crippen molar-refractivity contribution in [3.8, 4) is 0 Å². The molecule has 1 aromatic carbocycles. The highest BCUT2D eigenvalue weighted by Gasteiger charge is 2.32. The summed E-state index contributed by atoms with van der Waals surface area (Å²) in [4.78, 5) is 25.5. The zero-order valence-corrected chi connectivity index (χ0v) is 13.9. The summed E-state index contributed by atoms with van der Waals surface area (Å²) in [5, 5.41) is 3.22. The minimum absolute atomic E-state index is 0.145. The van der Waals surface area contributed by atoms with Gasteiger partial charge in [-0.3, -0.25) is 14.5 Å². The normalized spacial score (nSPS) is 18.5.